The Morgan fingerprint density at radius 2 is 1.74 bits per heavy atom. The van der Waals surface area contributed by atoms with Gasteiger partial charge in [0.1, 0.15) is 18.1 Å². The third-order valence-corrected chi connectivity index (χ3v) is 7.37. The first-order valence-corrected chi connectivity index (χ1v) is 13.2. The number of methoxy groups -OCH3 is 1. The number of halogens is 2. The van der Waals surface area contributed by atoms with Gasteiger partial charge in [0.2, 0.25) is 0 Å². The number of carboxylic acids is 1. The van der Waals surface area contributed by atoms with E-state index < -0.39 is 5.97 Å². The molecule has 1 amide bonds. The Hall–Kier alpha value is -2.58. The Morgan fingerprint density at radius 3 is 2.34 bits per heavy atom. The molecule has 0 atom stereocenters. The fourth-order valence-corrected chi connectivity index (χ4v) is 6.08. The minimum Gasteiger partial charge on any atom is -0.497 e. The average molecular weight is 712 g/mol. The van der Waals surface area contributed by atoms with Gasteiger partial charge < -0.3 is 19.9 Å². The molecule has 7 nitrogen and oxygen atoms in total. The van der Waals surface area contributed by atoms with Crippen molar-refractivity contribution in [1.29, 1.82) is 0 Å². The number of carboxylic acid groups (broad SMARTS) is 1. The van der Waals surface area contributed by atoms with Crippen LogP contribution >= 0.6 is 56.9 Å². The van der Waals surface area contributed by atoms with Crippen molar-refractivity contribution in [3.8, 4) is 11.5 Å². The van der Waals surface area contributed by atoms with Gasteiger partial charge in [-0.3, -0.25) is 4.79 Å². The molecule has 1 aliphatic rings. The van der Waals surface area contributed by atoms with Crippen LogP contribution < -0.4 is 14.8 Å². The quantitative estimate of drug-likeness (QED) is 0.228. The summed E-state index contributed by atoms with van der Waals surface area (Å²) in [6, 6.07) is 17.8. The number of ether oxygens (including phenoxy) is 2. The van der Waals surface area contributed by atoms with E-state index in [0.717, 1.165) is 35.5 Å². The predicted molar refractivity (Wildman–Crippen MR) is 153 cm³/mol. The largest absolute Gasteiger partial charge is 0.497 e. The monoisotopic (exact) mass is 712 g/mol. The van der Waals surface area contributed by atoms with Crippen molar-refractivity contribution in [1.82, 2.24) is 5.32 Å². The second-order valence-electron chi connectivity index (χ2n) is 7.28. The molecule has 0 aliphatic carbocycles. The number of benzene rings is 3. The molecule has 1 fully saturated rings. The van der Waals surface area contributed by atoms with E-state index in [4.69, 9.17) is 14.6 Å². The molecule has 3 aromatic carbocycles. The number of carbonyl (C=O) groups excluding carboxylic acids is 1. The second kappa shape index (κ2) is 11.4. The lowest BCUT2D eigenvalue weighted by atomic mass is 10.1. The van der Waals surface area contributed by atoms with E-state index in [9.17, 15) is 9.59 Å². The van der Waals surface area contributed by atoms with Crippen LogP contribution in [0.15, 0.2) is 70.6 Å². The lowest BCUT2D eigenvalue weighted by Gasteiger charge is -2.12. The van der Waals surface area contributed by atoms with Crippen LogP contribution in [0.5, 0.6) is 11.5 Å². The molecule has 0 saturated carbocycles. The van der Waals surface area contributed by atoms with Crippen molar-refractivity contribution < 1.29 is 24.2 Å². The summed E-state index contributed by atoms with van der Waals surface area (Å²) in [6.07, 6.45) is 1.83. The van der Waals surface area contributed by atoms with E-state index in [0.29, 0.717) is 16.7 Å². The van der Waals surface area contributed by atoms with Crippen LogP contribution in [0, 0.1) is 7.14 Å². The third kappa shape index (κ3) is 6.55. The van der Waals surface area contributed by atoms with Crippen molar-refractivity contribution >= 4 is 85.8 Å². The first-order valence-electron chi connectivity index (χ1n) is 10.2. The van der Waals surface area contributed by atoms with E-state index in [1.807, 2.05) is 42.5 Å². The number of thioether (sulfide) groups is 1. The van der Waals surface area contributed by atoms with Crippen LogP contribution in [-0.2, 0) is 11.4 Å². The molecule has 0 bridgehead atoms. The van der Waals surface area contributed by atoms with Crippen molar-refractivity contribution in [3.63, 3.8) is 0 Å². The Kier molecular flexibility index (Phi) is 8.34. The number of rotatable bonds is 7. The van der Waals surface area contributed by atoms with Gasteiger partial charge in [0, 0.05) is 0 Å². The van der Waals surface area contributed by atoms with E-state index in [-0.39, 0.29) is 11.5 Å². The highest BCUT2D eigenvalue weighted by Crippen LogP contribution is 2.33. The Balaban J connectivity index is 1.46. The van der Waals surface area contributed by atoms with Gasteiger partial charge in [0.15, 0.2) is 5.17 Å². The topological polar surface area (TPSA) is 97.2 Å². The van der Waals surface area contributed by atoms with Crippen LogP contribution in [0.3, 0.4) is 0 Å². The van der Waals surface area contributed by atoms with Gasteiger partial charge in [-0.25, -0.2) is 9.79 Å². The number of amides is 1. The highest BCUT2D eigenvalue weighted by Gasteiger charge is 2.24. The number of hydrogen-bond acceptors (Lipinski definition) is 6. The maximum absolute atomic E-state index is 12.5. The van der Waals surface area contributed by atoms with Gasteiger partial charge in [-0.15, -0.1) is 0 Å². The van der Waals surface area contributed by atoms with E-state index in [1.54, 1.807) is 31.4 Å². The molecule has 178 valence electrons. The van der Waals surface area contributed by atoms with Gasteiger partial charge in [0.25, 0.3) is 5.91 Å². The zero-order valence-corrected chi connectivity index (χ0v) is 23.4. The van der Waals surface area contributed by atoms with Crippen molar-refractivity contribution in [2.75, 3.05) is 7.11 Å². The molecule has 0 unspecified atom stereocenters. The summed E-state index contributed by atoms with van der Waals surface area (Å²) in [5, 5.41) is 12.3. The minimum atomic E-state index is -0.959. The summed E-state index contributed by atoms with van der Waals surface area (Å²) in [5.41, 5.74) is 2.70. The van der Waals surface area contributed by atoms with Crippen LogP contribution in [-0.4, -0.2) is 29.3 Å². The molecule has 3 aromatic rings. The fraction of sp³-hybridized carbons (Fsp3) is 0.0800. The second-order valence-corrected chi connectivity index (χ2v) is 10.6. The number of aromatic carboxylic acids is 1. The summed E-state index contributed by atoms with van der Waals surface area (Å²) in [5.74, 6) is 0.322. The summed E-state index contributed by atoms with van der Waals surface area (Å²) >= 11 is 5.70. The maximum Gasteiger partial charge on any atom is 0.335 e. The van der Waals surface area contributed by atoms with E-state index in [1.165, 1.54) is 11.8 Å². The van der Waals surface area contributed by atoms with Gasteiger partial charge in [-0.1, -0.05) is 12.1 Å². The van der Waals surface area contributed by atoms with Gasteiger partial charge >= 0.3 is 5.97 Å². The zero-order valence-electron chi connectivity index (χ0n) is 18.2. The Morgan fingerprint density at radius 1 is 1.09 bits per heavy atom. The lowest BCUT2D eigenvalue weighted by Crippen LogP contribution is -2.19. The summed E-state index contributed by atoms with van der Waals surface area (Å²) in [7, 11) is 1.60. The summed E-state index contributed by atoms with van der Waals surface area (Å²) in [6.45, 7) is 0.315. The number of carbonyl (C=O) groups is 2. The number of amidine groups is 1. The molecule has 2 N–H and O–H groups in total. The molecule has 0 spiro atoms. The SMILES string of the molecule is COc1ccc(N=C2NC(=O)/C(=C/c3cc(I)c(OCc4ccc(C(=O)O)cc4)c(I)c3)S2)cc1. The highest BCUT2D eigenvalue weighted by atomic mass is 127. The molecule has 4 rings (SSSR count). The first kappa shape index (κ1) is 25.5. The minimum absolute atomic E-state index is 0.197. The number of nitrogens with zero attached hydrogens (tertiary/aromatic N) is 1. The molecule has 10 heteroatoms. The summed E-state index contributed by atoms with van der Waals surface area (Å²) < 4.78 is 13.0. The molecule has 35 heavy (non-hydrogen) atoms. The maximum atomic E-state index is 12.5. The van der Waals surface area contributed by atoms with Gasteiger partial charge in [-0.05, 0) is 123 Å². The molecular formula is C25H18I2N2O5S. The van der Waals surface area contributed by atoms with Crippen LogP contribution in [0.2, 0.25) is 0 Å². The number of aliphatic imine (C=N–C) groups is 1. The average Bonchev–Trinajstić information content (AvgIpc) is 3.17. The molecule has 0 aromatic heterocycles. The van der Waals surface area contributed by atoms with Crippen molar-refractivity contribution in [3.05, 3.63) is 89.4 Å². The predicted octanol–water partition coefficient (Wildman–Crippen LogP) is 6.07. The smallest absolute Gasteiger partial charge is 0.335 e. The first-order chi connectivity index (χ1) is 16.8. The fourth-order valence-electron chi connectivity index (χ4n) is 3.11. The number of nitrogens with one attached hydrogen (secondary N) is 1. The van der Waals surface area contributed by atoms with E-state index in [2.05, 4.69) is 55.5 Å². The zero-order chi connectivity index (χ0) is 24.9. The van der Waals surface area contributed by atoms with E-state index >= 15 is 0 Å². The normalized spacial score (nSPS) is 15.3. The Bertz CT molecular complexity index is 1320. The van der Waals surface area contributed by atoms with Crippen LogP contribution in [0.4, 0.5) is 5.69 Å². The third-order valence-electron chi connectivity index (χ3n) is 4.86. The molecule has 1 aliphatic heterocycles. The van der Waals surface area contributed by atoms with Crippen molar-refractivity contribution in [2.24, 2.45) is 4.99 Å². The van der Waals surface area contributed by atoms with Crippen molar-refractivity contribution in [2.45, 2.75) is 6.61 Å². The molecular weight excluding hydrogens is 694 g/mol. The molecule has 0 radical (unpaired) electrons. The molecule has 1 heterocycles. The standard InChI is InChI=1S/C25H18I2N2O5S/c1-33-18-8-6-17(7-9-18)28-25-29-23(30)21(35-25)12-15-10-19(26)22(20(27)11-15)34-13-14-2-4-16(5-3-14)24(31)32/h2-12H,13H2,1H3,(H,31,32)(H,28,29,30)/b21-12-. The lowest BCUT2D eigenvalue weighted by molar-refractivity contribution is -0.115. The number of hydrogen-bond donors (Lipinski definition) is 2. The summed E-state index contributed by atoms with van der Waals surface area (Å²) in [4.78, 5) is 28.5. The van der Waals surface area contributed by atoms with Crippen LogP contribution in [0.25, 0.3) is 6.08 Å². The molecule has 1 saturated heterocycles. The van der Waals surface area contributed by atoms with Gasteiger partial charge in [0.05, 0.1) is 30.4 Å². The van der Waals surface area contributed by atoms with Crippen LogP contribution in [0.1, 0.15) is 21.5 Å². The van der Waals surface area contributed by atoms with Gasteiger partial charge in [-0.2, -0.15) is 0 Å². The highest BCUT2D eigenvalue weighted by molar-refractivity contribution is 14.1. The Labute approximate surface area is 233 Å².